The lowest BCUT2D eigenvalue weighted by molar-refractivity contribution is 0.242. The zero-order valence-electron chi connectivity index (χ0n) is 12.3. The third-order valence-corrected chi connectivity index (χ3v) is 3.49. The van der Waals surface area contributed by atoms with Crippen molar-refractivity contribution in [1.82, 2.24) is 5.32 Å². The Kier molecular flexibility index (Phi) is 5.08. The molecule has 19 heavy (non-hydrogen) atoms. The fraction of sp³-hybridized carbons (Fsp3) is 0.625. The van der Waals surface area contributed by atoms with Crippen molar-refractivity contribution in [1.29, 1.82) is 0 Å². The fourth-order valence-electron chi connectivity index (χ4n) is 2.57. The van der Waals surface area contributed by atoms with Gasteiger partial charge in [-0.3, -0.25) is 0 Å². The number of nitrogens with one attached hydrogen (secondary N) is 2. The number of rotatable bonds is 5. The summed E-state index contributed by atoms with van der Waals surface area (Å²) in [5.41, 5.74) is 1.16. The van der Waals surface area contributed by atoms with Gasteiger partial charge in [-0.05, 0) is 57.9 Å². The molecule has 0 radical (unpaired) electrons. The Morgan fingerprint density at radius 1 is 1.26 bits per heavy atom. The van der Waals surface area contributed by atoms with Crippen molar-refractivity contribution < 1.29 is 4.74 Å². The molecule has 2 rings (SSSR count). The van der Waals surface area contributed by atoms with Gasteiger partial charge >= 0.3 is 0 Å². The van der Waals surface area contributed by atoms with E-state index in [1.165, 1.54) is 19.3 Å². The van der Waals surface area contributed by atoms with Crippen LogP contribution in [0.5, 0.6) is 5.75 Å². The van der Waals surface area contributed by atoms with Gasteiger partial charge in [0, 0.05) is 24.3 Å². The Hall–Kier alpha value is -1.22. The number of piperidine rings is 1. The van der Waals surface area contributed by atoms with Crippen LogP contribution in [-0.2, 0) is 0 Å². The molecular formula is C16H26N2O. The molecule has 1 saturated heterocycles. The molecule has 0 aliphatic carbocycles. The molecule has 0 saturated carbocycles. The maximum atomic E-state index is 5.64. The number of anilines is 1. The summed E-state index contributed by atoms with van der Waals surface area (Å²) in [5.74, 6) is 0.935. The molecule has 1 aromatic carbocycles. The zero-order chi connectivity index (χ0) is 13.7. The van der Waals surface area contributed by atoms with E-state index in [2.05, 4.69) is 29.7 Å². The van der Waals surface area contributed by atoms with E-state index in [0.717, 1.165) is 18.0 Å². The van der Waals surface area contributed by atoms with Crippen LogP contribution in [0.1, 0.15) is 40.0 Å². The maximum absolute atomic E-state index is 5.64. The van der Waals surface area contributed by atoms with Crippen LogP contribution in [0.15, 0.2) is 24.3 Å². The Balaban J connectivity index is 1.79. The number of ether oxygens (including phenoxy) is 1. The SMILES string of the molecule is CC1CCCC(CNc2ccc(OC(C)C)cc2)N1. The fourth-order valence-corrected chi connectivity index (χ4v) is 2.57. The third kappa shape index (κ3) is 4.75. The molecule has 0 spiro atoms. The van der Waals surface area contributed by atoms with E-state index < -0.39 is 0 Å². The highest BCUT2D eigenvalue weighted by Gasteiger charge is 2.16. The summed E-state index contributed by atoms with van der Waals surface area (Å²) in [6, 6.07) is 9.48. The standard InChI is InChI=1S/C16H26N2O/c1-12(2)19-16-9-7-14(8-10-16)17-11-15-6-4-5-13(3)18-15/h7-10,12-13,15,17-18H,4-6,11H2,1-3H3. The van der Waals surface area contributed by atoms with E-state index in [1.54, 1.807) is 0 Å². The summed E-state index contributed by atoms with van der Waals surface area (Å²) < 4.78 is 5.64. The summed E-state index contributed by atoms with van der Waals surface area (Å²) in [6.07, 6.45) is 4.14. The molecule has 0 amide bonds. The number of benzene rings is 1. The molecule has 0 aromatic heterocycles. The summed E-state index contributed by atoms with van der Waals surface area (Å²) in [7, 11) is 0. The molecule has 3 nitrogen and oxygen atoms in total. The first-order valence-corrected chi connectivity index (χ1v) is 7.40. The molecule has 2 unspecified atom stereocenters. The van der Waals surface area contributed by atoms with Crippen LogP contribution in [0.3, 0.4) is 0 Å². The van der Waals surface area contributed by atoms with Crippen molar-refractivity contribution in [3.63, 3.8) is 0 Å². The molecule has 1 aromatic rings. The van der Waals surface area contributed by atoms with Gasteiger partial charge in [-0.2, -0.15) is 0 Å². The second-order valence-corrected chi connectivity index (χ2v) is 5.77. The Morgan fingerprint density at radius 2 is 2.00 bits per heavy atom. The molecule has 0 bridgehead atoms. The highest BCUT2D eigenvalue weighted by atomic mass is 16.5. The van der Waals surface area contributed by atoms with Gasteiger partial charge in [-0.15, -0.1) is 0 Å². The molecule has 1 heterocycles. The lowest BCUT2D eigenvalue weighted by Gasteiger charge is -2.29. The molecular weight excluding hydrogens is 236 g/mol. The van der Waals surface area contributed by atoms with E-state index >= 15 is 0 Å². The molecule has 1 aliphatic heterocycles. The van der Waals surface area contributed by atoms with E-state index in [0.29, 0.717) is 12.1 Å². The van der Waals surface area contributed by atoms with Crippen molar-refractivity contribution in [3.05, 3.63) is 24.3 Å². The first kappa shape index (κ1) is 14.2. The minimum Gasteiger partial charge on any atom is -0.491 e. The molecule has 2 atom stereocenters. The quantitative estimate of drug-likeness (QED) is 0.853. The van der Waals surface area contributed by atoms with E-state index in [4.69, 9.17) is 4.74 Å². The lowest BCUT2D eigenvalue weighted by Crippen LogP contribution is -2.44. The van der Waals surface area contributed by atoms with Crippen molar-refractivity contribution in [2.45, 2.75) is 58.2 Å². The summed E-state index contributed by atoms with van der Waals surface area (Å²) in [5, 5.41) is 7.13. The topological polar surface area (TPSA) is 33.3 Å². The molecule has 1 fully saturated rings. The highest BCUT2D eigenvalue weighted by molar-refractivity contribution is 5.46. The molecule has 106 valence electrons. The van der Waals surface area contributed by atoms with Gasteiger partial charge in [0.15, 0.2) is 0 Å². The van der Waals surface area contributed by atoms with Crippen LogP contribution in [0.25, 0.3) is 0 Å². The largest absolute Gasteiger partial charge is 0.491 e. The summed E-state index contributed by atoms with van der Waals surface area (Å²) in [4.78, 5) is 0. The van der Waals surface area contributed by atoms with E-state index in [1.807, 2.05) is 26.0 Å². The Labute approximate surface area is 116 Å². The Bertz CT molecular complexity index is 375. The predicted octanol–water partition coefficient (Wildman–Crippen LogP) is 3.42. The minimum atomic E-state index is 0.228. The first-order valence-electron chi connectivity index (χ1n) is 7.40. The smallest absolute Gasteiger partial charge is 0.119 e. The maximum Gasteiger partial charge on any atom is 0.119 e. The lowest BCUT2D eigenvalue weighted by atomic mass is 9.99. The average molecular weight is 262 g/mol. The van der Waals surface area contributed by atoms with Gasteiger partial charge in [0.05, 0.1) is 6.10 Å². The third-order valence-electron chi connectivity index (χ3n) is 3.49. The van der Waals surface area contributed by atoms with E-state index in [-0.39, 0.29) is 6.10 Å². The monoisotopic (exact) mass is 262 g/mol. The van der Waals surface area contributed by atoms with Crippen LogP contribution >= 0.6 is 0 Å². The van der Waals surface area contributed by atoms with Crippen LogP contribution in [-0.4, -0.2) is 24.7 Å². The van der Waals surface area contributed by atoms with Crippen LogP contribution < -0.4 is 15.4 Å². The van der Waals surface area contributed by atoms with Gasteiger partial charge in [0.2, 0.25) is 0 Å². The van der Waals surface area contributed by atoms with Crippen LogP contribution in [0.4, 0.5) is 5.69 Å². The predicted molar refractivity (Wildman–Crippen MR) is 80.9 cm³/mol. The highest BCUT2D eigenvalue weighted by Crippen LogP contribution is 2.18. The van der Waals surface area contributed by atoms with Gasteiger partial charge < -0.3 is 15.4 Å². The van der Waals surface area contributed by atoms with Gasteiger partial charge in [0.25, 0.3) is 0 Å². The molecule has 3 heteroatoms. The normalized spacial score (nSPS) is 23.4. The second-order valence-electron chi connectivity index (χ2n) is 5.77. The first-order chi connectivity index (χ1) is 9.13. The summed E-state index contributed by atoms with van der Waals surface area (Å²) in [6.45, 7) is 7.35. The van der Waals surface area contributed by atoms with Gasteiger partial charge in [-0.25, -0.2) is 0 Å². The van der Waals surface area contributed by atoms with Crippen molar-refractivity contribution in [2.24, 2.45) is 0 Å². The van der Waals surface area contributed by atoms with Gasteiger partial charge in [-0.1, -0.05) is 6.42 Å². The number of hydrogen-bond acceptors (Lipinski definition) is 3. The molecule has 1 aliphatic rings. The van der Waals surface area contributed by atoms with Crippen LogP contribution in [0.2, 0.25) is 0 Å². The molecule has 2 N–H and O–H groups in total. The average Bonchev–Trinajstić information content (AvgIpc) is 2.37. The zero-order valence-corrected chi connectivity index (χ0v) is 12.3. The number of hydrogen-bond donors (Lipinski definition) is 2. The van der Waals surface area contributed by atoms with Crippen molar-refractivity contribution in [2.75, 3.05) is 11.9 Å². The second kappa shape index (κ2) is 6.80. The van der Waals surface area contributed by atoms with E-state index in [9.17, 15) is 0 Å². The van der Waals surface area contributed by atoms with Gasteiger partial charge in [0.1, 0.15) is 5.75 Å². The Morgan fingerprint density at radius 3 is 2.63 bits per heavy atom. The summed E-state index contributed by atoms with van der Waals surface area (Å²) >= 11 is 0. The van der Waals surface area contributed by atoms with Crippen molar-refractivity contribution in [3.8, 4) is 5.75 Å². The minimum absolute atomic E-state index is 0.228. The van der Waals surface area contributed by atoms with Crippen LogP contribution in [0, 0.1) is 0 Å². The van der Waals surface area contributed by atoms with Crippen molar-refractivity contribution >= 4 is 5.69 Å².